The van der Waals surface area contributed by atoms with Crippen LogP contribution in [0.5, 0.6) is 0 Å². The average molecular weight is 233 g/mol. The minimum atomic E-state index is 1.01. The summed E-state index contributed by atoms with van der Waals surface area (Å²) in [6, 6.07) is 8.60. The third-order valence-corrected chi connectivity index (χ3v) is 3.12. The summed E-state index contributed by atoms with van der Waals surface area (Å²) in [6.45, 7) is 2.11. The van der Waals surface area contributed by atoms with Crippen molar-refractivity contribution in [2.45, 2.75) is 13.3 Å². The zero-order valence-electron chi connectivity index (χ0n) is 10.4. The van der Waals surface area contributed by atoms with E-state index in [2.05, 4.69) is 66.1 Å². The van der Waals surface area contributed by atoms with Gasteiger partial charge in [-0.05, 0) is 43.7 Å². The van der Waals surface area contributed by atoms with Crippen molar-refractivity contribution in [1.29, 1.82) is 0 Å². The van der Waals surface area contributed by atoms with E-state index in [0.717, 1.165) is 12.1 Å². The van der Waals surface area contributed by atoms with E-state index in [9.17, 15) is 0 Å². The molecule has 0 saturated heterocycles. The fourth-order valence-corrected chi connectivity index (χ4v) is 2.19. The van der Waals surface area contributed by atoms with Crippen LogP contribution in [-0.2, 0) is 0 Å². The van der Waals surface area contributed by atoms with E-state index < -0.39 is 0 Å². The molecular weight excluding hydrogens is 218 g/mol. The van der Waals surface area contributed by atoms with Crippen LogP contribution >= 0.6 is 0 Å². The van der Waals surface area contributed by atoms with Crippen LogP contribution in [0.1, 0.15) is 12.0 Å². The van der Waals surface area contributed by atoms with Gasteiger partial charge in [-0.3, -0.25) is 0 Å². The highest BCUT2D eigenvalue weighted by Gasteiger charge is 2.15. The summed E-state index contributed by atoms with van der Waals surface area (Å²) in [7, 11) is 0. The molecule has 0 heterocycles. The Morgan fingerprint density at radius 1 is 1.11 bits per heavy atom. The molecule has 88 valence electrons. The number of allylic oxidation sites excluding steroid dienone is 5. The molecule has 1 aromatic rings. The van der Waals surface area contributed by atoms with Crippen molar-refractivity contribution in [1.82, 2.24) is 0 Å². The lowest BCUT2D eigenvalue weighted by molar-refractivity contribution is 1.15. The third kappa shape index (κ3) is 1.97. The number of hydrogen-bond acceptors (Lipinski definition) is 1. The van der Waals surface area contributed by atoms with Gasteiger partial charge in [0.1, 0.15) is 0 Å². The summed E-state index contributed by atoms with van der Waals surface area (Å²) in [6.07, 6.45) is 13.7. The fourth-order valence-electron chi connectivity index (χ4n) is 2.19. The molecule has 0 bridgehead atoms. The Kier molecular flexibility index (Phi) is 2.76. The smallest absolute Gasteiger partial charge is 0.0890 e. The quantitative estimate of drug-likeness (QED) is 0.705. The normalized spacial score (nSPS) is 16.1. The molecule has 2 aliphatic rings. The molecule has 0 saturated carbocycles. The Hall–Kier alpha value is -2.24. The summed E-state index contributed by atoms with van der Waals surface area (Å²) in [5, 5.41) is 0. The van der Waals surface area contributed by atoms with E-state index in [0.29, 0.717) is 0 Å². The molecule has 2 aliphatic carbocycles. The van der Waals surface area contributed by atoms with Crippen molar-refractivity contribution in [2.75, 3.05) is 4.90 Å². The maximum absolute atomic E-state index is 3.28. The minimum absolute atomic E-state index is 1.01. The Bertz CT molecular complexity index is 606. The lowest BCUT2D eigenvalue weighted by atomic mass is 10.2. The number of nitrogens with zero attached hydrogens (tertiary/aromatic N) is 1. The number of hydrogen-bond donors (Lipinski definition) is 0. The lowest BCUT2D eigenvalue weighted by Crippen LogP contribution is -2.18. The van der Waals surface area contributed by atoms with Crippen molar-refractivity contribution in [3.8, 4) is 0 Å². The Labute approximate surface area is 108 Å². The Morgan fingerprint density at radius 3 is 2.56 bits per heavy atom. The first-order valence-corrected chi connectivity index (χ1v) is 6.21. The second kappa shape index (κ2) is 4.56. The predicted molar refractivity (Wildman–Crippen MR) is 76.2 cm³/mol. The minimum Gasteiger partial charge on any atom is -0.304 e. The molecule has 0 aliphatic heterocycles. The van der Waals surface area contributed by atoms with Crippen LogP contribution < -0.4 is 4.90 Å². The standard InChI is InChI=1S/C17H15N/c1-14-10-12-17(13-11-14)18(15-6-2-3-7-15)16-8-4-5-9-16/h2-4,6,8-13H,5H2,1H3. The summed E-state index contributed by atoms with van der Waals surface area (Å²) < 4.78 is 0. The highest BCUT2D eigenvalue weighted by Crippen LogP contribution is 2.29. The van der Waals surface area contributed by atoms with E-state index >= 15 is 0 Å². The Balaban J connectivity index is 2.05. The molecule has 0 N–H and O–H groups in total. The van der Waals surface area contributed by atoms with Crippen LogP contribution in [0.4, 0.5) is 5.69 Å². The molecule has 0 amide bonds. The first kappa shape index (κ1) is 10.9. The monoisotopic (exact) mass is 233 g/mol. The van der Waals surface area contributed by atoms with Gasteiger partial charge in [-0.2, -0.15) is 0 Å². The largest absolute Gasteiger partial charge is 0.304 e. The van der Waals surface area contributed by atoms with E-state index in [4.69, 9.17) is 0 Å². The summed E-state index contributed by atoms with van der Waals surface area (Å²) in [5.74, 6) is 0. The molecule has 1 aromatic carbocycles. The van der Waals surface area contributed by atoms with Crippen LogP contribution in [0, 0.1) is 6.92 Å². The summed E-state index contributed by atoms with van der Waals surface area (Å²) in [4.78, 5) is 2.24. The third-order valence-electron chi connectivity index (χ3n) is 3.12. The van der Waals surface area contributed by atoms with E-state index in [1.54, 1.807) is 0 Å². The predicted octanol–water partition coefficient (Wildman–Crippen LogP) is 4.25. The fraction of sp³-hybridized carbons (Fsp3) is 0.118. The van der Waals surface area contributed by atoms with Crippen molar-refractivity contribution in [2.24, 2.45) is 0 Å². The van der Waals surface area contributed by atoms with Crippen molar-refractivity contribution >= 4 is 5.69 Å². The van der Waals surface area contributed by atoms with Crippen LogP contribution in [0.3, 0.4) is 0 Å². The zero-order chi connectivity index (χ0) is 12.4. The lowest BCUT2D eigenvalue weighted by Gasteiger charge is -2.24. The molecule has 0 atom stereocenters. The molecule has 0 aromatic heterocycles. The molecule has 1 heteroatoms. The van der Waals surface area contributed by atoms with Gasteiger partial charge in [0.15, 0.2) is 0 Å². The zero-order valence-corrected chi connectivity index (χ0v) is 10.4. The topological polar surface area (TPSA) is 3.24 Å². The SMILES string of the molecule is Cc1ccc(N(C2=C=CC=C2)C2=CCC=C2)cc1. The first-order valence-electron chi connectivity index (χ1n) is 6.21. The number of rotatable bonds is 3. The van der Waals surface area contributed by atoms with Gasteiger partial charge in [0, 0.05) is 11.4 Å². The molecule has 1 nitrogen and oxygen atoms in total. The molecular formula is C17H15N. The maximum atomic E-state index is 3.28. The number of aryl methyl sites for hydroxylation is 1. The van der Waals surface area contributed by atoms with Gasteiger partial charge in [-0.1, -0.05) is 41.7 Å². The maximum Gasteiger partial charge on any atom is 0.0890 e. The van der Waals surface area contributed by atoms with Gasteiger partial charge in [0.2, 0.25) is 0 Å². The van der Waals surface area contributed by atoms with Crippen LogP contribution in [-0.4, -0.2) is 0 Å². The summed E-state index contributed by atoms with van der Waals surface area (Å²) >= 11 is 0. The molecule has 0 unspecified atom stereocenters. The van der Waals surface area contributed by atoms with Gasteiger partial charge in [-0.25, -0.2) is 0 Å². The molecule has 3 rings (SSSR count). The van der Waals surface area contributed by atoms with Crippen molar-refractivity contribution in [3.63, 3.8) is 0 Å². The van der Waals surface area contributed by atoms with Gasteiger partial charge < -0.3 is 4.90 Å². The van der Waals surface area contributed by atoms with E-state index in [1.807, 2.05) is 12.2 Å². The highest BCUT2D eigenvalue weighted by atomic mass is 15.2. The average Bonchev–Trinajstić information content (AvgIpc) is 3.06. The molecule has 0 radical (unpaired) electrons. The van der Waals surface area contributed by atoms with Crippen LogP contribution in [0.25, 0.3) is 0 Å². The number of anilines is 1. The van der Waals surface area contributed by atoms with Gasteiger partial charge >= 0.3 is 0 Å². The number of benzene rings is 1. The van der Waals surface area contributed by atoms with Crippen molar-refractivity contribution < 1.29 is 0 Å². The Morgan fingerprint density at radius 2 is 1.94 bits per heavy atom. The molecule has 0 fully saturated rings. The molecule has 18 heavy (non-hydrogen) atoms. The second-order valence-electron chi connectivity index (χ2n) is 4.49. The van der Waals surface area contributed by atoms with E-state index in [1.165, 1.54) is 16.9 Å². The van der Waals surface area contributed by atoms with Crippen molar-refractivity contribution in [3.05, 3.63) is 83.4 Å². The summed E-state index contributed by atoms with van der Waals surface area (Å²) in [5.41, 5.74) is 8.06. The first-order chi connectivity index (χ1) is 8.84. The highest BCUT2D eigenvalue weighted by molar-refractivity contribution is 5.64. The van der Waals surface area contributed by atoms with Crippen LogP contribution in [0.15, 0.2) is 77.8 Å². The van der Waals surface area contributed by atoms with Gasteiger partial charge in [0.25, 0.3) is 0 Å². The van der Waals surface area contributed by atoms with Crippen LogP contribution in [0.2, 0.25) is 0 Å². The molecule has 0 spiro atoms. The van der Waals surface area contributed by atoms with E-state index in [-0.39, 0.29) is 0 Å². The second-order valence-corrected chi connectivity index (χ2v) is 4.49. The van der Waals surface area contributed by atoms with Gasteiger partial charge in [0.05, 0.1) is 5.70 Å². The van der Waals surface area contributed by atoms with Gasteiger partial charge in [-0.15, -0.1) is 0 Å².